The van der Waals surface area contributed by atoms with Crippen molar-refractivity contribution in [3.8, 4) is 11.5 Å². The molecule has 1 amide bonds. The number of halogens is 1. The zero-order valence-electron chi connectivity index (χ0n) is 24.7. The zero-order chi connectivity index (χ0) is 29.9. The van der Waals surface area contributed by atoms with Gasteiger partial charge in [-0.3, -0.25) is 4.90 Å². The van der Waals surface area contributed by atoms with Crippen molar-refractivity contribution in [1.82, 2.24) is 4.90 Å². The van der Waals surface area contributed by atoms with E-state index in [9.17, 15) is 14.0 Å². The highest BCUT2D eigenvalue weighted by Gasteiger charge is 2.35. The molecule has 3 aromatic rings. The highest BCUT2D eigenvalue weighted by atomic mass is 19.1. The minimum Gasteiger partial charge on any atom is -0.494 e. The van der Waals surface area contributed by atoms with E-state index in [0.717, 1.165) is 16.7 Å². The average Bonchev–Trinajstić information content (AvgIpc) is 2.94. The Hall–Kier alpha value is -4.07. The van der Waals surface area contributed by atoms with Crippen molar-refractivity contribution >= 4 is 12.1 Å². The summed E-state index contributed by atoms with van der Waals surface area (Å²) in [5.74, 6) is -0.139. The molecule has 1 aliphatic heterocycles. The lowest BCUT2D eigenvalue weighted by molar-refractivity contribution is 0.00552. The van der Waals surface area contributed by atoms with Crippen LogP contribution in [0, 0.1) is 12.7 Å². The van der Waals surface area contributed by atoms with Crippen molar-refractivity contribution in [2.75, 3.05) is 20.8 Å². The molecule has 0 fully saturated rings. The predicted molar refractivity (Wildman–Crippen MR) is 154 cm³/mol. The molecule has 4 rings (SSSR count). The maximum absolute atomic E-state index is 14.2. The molecule has 0 saturated carbocycles. The van der Waals surface area contributed by atoms with E-state index < -0.39 is 29.7 Å². The number of ether oxygens (including phenoxy) is 4. The number of aryl methyl sites for hydroxylation is 1. The van der Waals surface area contributed by atoms with Crippen molar-refractivity contribution in [2.24, 2.45) is 0 Å². The van der Waals surface area contributed by atoms with E-state index in [1.807, 2.05) is 77.1 Å². The van der Waals surface area contributed by atoms with E-state index >= 15 is 0 Å². The molecule has 218 valence electrons. The molecule has 3 atom stereocenters. The van der Waals surface area contributed by atoms with E-state index in [2.05, 4.69) is 0 Å². The summed E-state index contributed by atoms with van der Waals surface area (Å²) in [6.45, 7) is 9.40. The highest BCUT2D eigenvalue weighted by Crippen LogP contribution is 2.41. The summed E-state index contributed by atoms with van der Waals surface area (Å²) in [7, 11) is 2.78. The van der Waals surface area contributed by atoms with Gasteiger partial charge in [0.05, 0.1) is 32.4 Å². The number of amides is 1. The van der Waals surface area contributed by atoms with Gasteiger partial charge in [-0.25, -0.2) is 14.0 Å². The highest BCUT2D eigenvalue weighted by molar-refractivity contribution is 5.91. The second kappa shape index (κ2) is 12.2. The van der Waals surface area contributed by atoms with Crippen LogP contribution < -0.4 is 9.47 Å². The van der Waals surface area contributed by atoms with Crippen LogP contribution >= 0.6 is 0 Å². The second-order valence-electron chi connectivity index (χ2n) is 11.3. The lowest BCUT2D eigenvalue weighted by Gasteiger charge is -2.38. The second-order valence-corrected chi connectivity index (χ2v) is 11.3. The first kappa shape index (κ1) is 29.9. The first-order valence-corrected chi connectivity index (χ1v) is 13.7. The number of esters is 1. The van der Waals surface area contributed by atoms with E-state index in [1.54, 1.807) is 17.0 Å². The van der Waals surface area contributed by atoms with Gasteiger partial charge in [0.2, 0.25) is 0 Å². The molecule has 1 unspecified atom stereocenters. The number of hydrogen-bond acceptors (Lipinski definition) is 6. The maximum atomic E-state index is 14.2. The predicted octanol–water partition coefficient (Wildman–Crippen LogP) is 7.21. The van der Waals surface area contributed by atoms with Gasteiger partial charge >= 0.3 is 12.1 Å². The third-order valence-electron chi connectivity index (χ3n) is 7.31. The van der Waals surface area contributed by atoms with Gasteiger partial charge in [0, 0.05) is 11.5 Å². The number of carbonyl (C=O) groups excluding carboxylic acids is 2. The number of fused-ring (bicyclic) bond motifs is 1. The summed E-state index contributed by atoms with van der Waals surface area (Å²) in [4.78, 5) is 27.6. The Kier molecular flexibility index (Phi) is 8.90. The van der Waals surface area contributed by atoms with E-state index in [0.29, 0.717) is 23.3 Å². The van der Waals surface area contributed by atoms with Crippen LogP contribution in [0.3, 0.4) is 0 Å². The largest absolute Gasteiger partial charge is 0.494 e. The molecule has 0 N–H and O–H groups in total. The van der Waals surface area contributed by atoms with Crippen LogP contribution in [0.25, 0.3) is 0 Å². The van der Waals surface area contributed by atoms with Crippen LogP contribution in [-0.2, 0) is 9.47 Å². The SMILES string of the molecule is COC(=O)c1cc(C2C[C@H](CN(C(=O)OC(C)(C)C)[C@H](C)c3ccc(F)c(OC)c3)Oc3ccccc32)ccc1C. The smallest absolute Gasteiger partial charge is 0.410 e. The van der Waals surface area contributed by atoms with Crippen molar-refractivity contribution in [3.63, 3.8) is 0 Å². The fourth-order valence-electron chi connectivity index (χ4n) is 5.15. The van der Waals surface area contributed by atoms with Gasteiger partial charge < -0.3 is 18.9 Å². The average molecular weight is 564 g/mol. The van der Waals surface area contributed by atoms with Crippen LogP contribution in [-0.4, -0.2) is 49.4 Å². The molecule has 0 aromatic heterocycles. The van der Waals surface area contributed by atoms with Crippen LogP contribution in [0.4, 0.5) is 9.18 Å². The number of carbonyl (C=O) groups is 2. The quantitative estimate of drug-likeness (QED) is 0.283. The lowest BCUT2D eigenvalue weighted by Crippen LogP contribution is -2.45. The summed E-state index contributed by atoms with van der Waals surface area (Å²) in [6, 6.07) is 17.7. The van der Waals surface area contributed by atoms with Gasteiger partial charge in [0.1, 0.15) is 17.5 Å². The molecule has 7 nitrogen and oxygen atoms in total. The van der Waals surface area contributed by atoms with E-state index in [-0.39, 0.29) is 24.2 Å². The molecule has 0 radical (unpaired) electrons. The number of rotatable bonds is 7. The Morgan fingerprint density at radius 3 is 2.49 bits per heavy atom. The maximum Gasteiger partial charge on any atom is 0.410 e. The third-order valence-corrected chi connectivity index (χ3v) is 7.31. The fraction of sp³-hybridized carbons (Fsp3) is 0.394. The minimum absolute atomic E-state index is 0.0873. The Bertz CT molecular complexity index is 1420. The van der Waals surface area contributed by atoms with E-state index in [1.165, 1.54) is 20.3 Å². The molecular formula is C33H38FNO6. The standard InChI is InChI=1S/C33H38FNO6/c1-20-12-13-23(16-26(20)31(36)39-7)27-18-24(40-29-11-9-8-10-25(27)29)19-35(32(37)41-33(3,4)5)21(2)22-14-15-28(34)30(17-22)38-6/h8-17,21,24,27H,18-19H2,1-7H3/t21-,24-,27?/m1/s1. The molecule has 1 heterocycles. The topological polar surface area (TPSA) is 74.3 Å². The van der Waals surface area contributed by atoms with Crippen molar-refractivity contribution < 1.29 is 32.9 Å². The third kappa shape index (κ3) is 6.81. The number of hydrogen-bond donors (Lipinski definition) is 0. The Morgan fingerprint density at radius 1 is 1.07 bits per heavy atom. The summed E-state index contributed by atoms with van der Waals surface area (Å²) >= 11 is 0. The molecule has 0 bridgehead atoms. The molecule has 0 saturated heterocycles. The van der Waals surface area contributed by atoms with Gasteiger partial charge in [0.25, 0.3) is 0 Å². The minimum atomic E-state index is -0.718. The summed E-state index contributed by atoms with van der Waals surface area (Å²) in [5.41, 5.74) is 3.28. The first-order valence-electron chi connectivity index (χ1n) is 13.7. The number of benzene rings is 3. The van der Waals surface area contributed by atoms with Crippen LogP contribution in [0.2, 0.25) is 0 Å². The summed E-state index contributed by atoms with van der Waals surface area (Å²) in [5, 5.41) is 0. The van der Waals surface area contributed by atoms with Crippen molar-refractivity contribution in [3.05, 3.63) is 94.3 Å². The fourth-order valence-corrected chi connectivity index (χ4v) is 5.15. The molecule has 3 aromatic carbocycles. The molecule has 1 aliphatic rings. The zero-order valence-corrected chi connectivity index (χ0v) is 24.7. The van der Waals surface area contributed by atoms with Gasteiger partial charge in [-0.15, -0.1) is 0 Å². The number of nitrogens with zero attached hydrogens (tertiary/aromatic N) is 1. The normalized spacial score (nSPS) is 17.1. The van der Waals surface area contributed by atoms with Crippen LogP contribution in [0.1, 0.15) is 78.7 Å². The van der Waals surface area contributed by atoms with Crippen LogP contribution in [0.5, 0.6) is 11.5 Å². The lowest BCUT2D eigenvalue weighted by atomic mass is 9.83. The Balaban J connectivity index is 1.70. The Labute approximate surface area is 241 Å². The van der Waals surface area contributed by atoms with E-state index in [4.69, 9.17) is 18.9 Å². The number of para-hydroxylation sites is 1. The van der Waals surface area contributed by atoms with Crippen molar-refractivity contribution in [1.29, 1.82) is 0 Å². The first-order chi connectivity index (χ1) is 19.4. The molecular weight excluding hydrogens is 525 g/mol. The number of methoxy groups -OCH3 is 2. The Morgan fingerprint density at radius 2 is 1.80 bits per heavy atom. The van der Waals surface area contributed by atoms with Crippen molar-refractivity contribution in [2.45, 2.75) is 64.7 Å². The molecule has 8 heteroatoms. The van der Waals surface area contributed by atoms with Gasteiger partial charge in [-0.1, -0.05) is 36.4 Å². The molecule has 41 heavy (non-hydrogen) atoms. The monoisotopic (exact) mass is 563 g/mol. The summed E-state index contributed by atoms with van der Waals surface area (Å²) in [6.07, 6.45) is -0.342. The van der Waals surface area contributed by atoms with Gasteiger partial charge in [0.15, 0.2) is 11.6 Å². The van der Waals surface area contributed by atoms with Gasteiger partial charge in [-0.05, 0) is 82.0 Å². The molecule has 0 spiro atoms. The summed E-state index contributed by atoms with van der Waals surface area (Å²) < 4.78 is 36.6. The molecule has 0 aliphatic carbocycles. The van der Waals surface area contributed by atoms with Gasteiger partial charge in [-0.2, -0.15) is 0 Å². The van der Waals surface area contributed by atoms with Crippen LogP contribution in [0.15, 0.2) is 60.7 Å².